The molecule has 0 radical (unpaired) electrons. The number of hydrogen-bond acceptors (Lipinski definition) is 10. The third kappa shape index (κ3) is 8.23. The molecule has 6 rings (SSSR count). The van der Waals surface area contributed by atoms with E-state index in [1.54, 1.807) is 54.9 Å². The van der Waals surface area contributed by atoms with Gasteiger partial charge in [0.15, 0.2) is 34.6 Å². The molecule has 278 valence electrons. The van der Waals surface area contributed by atoms with E-state index in [9.17, 15) is 8.78 Å². The average molecular weight is 727 g/mol. The molecule has 5 aromatic rings. The molecule has 0 amide bonds. The van der Waals surface area contributed by atoms with E-state index < -0.39 is 11.6 Å². The lowest BCUT2D eigenvalue weighted by Gasteiger charge is -2.40. The molecule has 0 bridgehead atoms. The van der Waals surface area contributed by atoms with Crippen LogP contribution in [0, 0.1) is 11.6 Å². The molecule has 12 heteroatoms. The van der Waals surface area contributed by atoms with Gasteiger partial charge in [0.25, 0.3) is 0 Å². The van der Waals surface area contributed by atoms with Crippen LogP contribution in [0.15, 0.2) is 79.3 Å². The van der Waals surface area contributed by atoms with Crippen LogP contribution in [0.25, 0.3) is 22.4 Å². The lowest BCUT2D eigenvalue weighted by molar-refractivity contribution is 0.200. The van der Waals surface area contributed by atoms with Crippen LogP contribution in [-0.4, -0.2) is 76.7 Å². The van der Waals surface area contributed by atoms with Gasteiger partial charge in [-0.1, -0.05) is 0 Å². The summed E-state index contributed by atoms with van der Waals surface area (Å²) < 4.78 is 62.0. The minimum atomic E-state index is -0.878. The van der Waals surface area contributed by atoms with Crippen LogP contribution < -0.4 is 33.3 Å². The van der Waals surface area contributed by atoms with Crippen molar-refractivity contribution in [2.45, 2.75) is 32.0 Å². The zero-order valence-electron chi connectivity index (χ0n) is 30.8. The monoisotopic (exact) mass is 726 g/mol. The van der Waals surface area contributed by atoms with E-state index in [1.807, 2.05) is 48.8 Å². The molecule has 0 atom stereocenters. The smallest absolute Gasteiger partial charge is 0.203 e. The highest BCUT2D eigenvalue weighted by atomic mass is 19.2. The fourth-order valence-corrected chi connectivity index (χ4v) is 6.88. The number of halogens is 2. The first-order valence-electron chi connectivity index (χ1n) is 17.2. The molecule has 0 spiro atoms. The van der Waals surface area contributed by atoms with Gasteiger partial charge in [0.2, 0.25) is 11.5 Å². The Bertz CT molecular complexity index is 1990. The number of rotatable bonds is 14. The number of pyridine rings is 2. The standard InChI is InChI=1S/C41H44F2N4O6/c1-48-36-17-28(18-37(49-2)40(36)52-5)30-15-27(22-44-23-30)24-46-13-10-31(11-14-46)47(32-7-8-33(42)34(43)21-32)25-26-9-12-45-35(16-26)29-19-38(50-3)41(53-6)39(20-29)51-4/h7-9,12,15-23,31H,10-11,13-14,24-25H2,1-6H3. The summed E-state index contributed by atoms with van der Waals surface area (Å²) in [6.45, 7) is 2.81. The molecule has 3 heterocycles. The predicted molar refractivity (Wildman–Crippen MR) is 199 cm³/mol. The molecule has 1 aliphatic rings. The molecule has 1 fully saturated rings. The largest absolute Gasteiger partial charge is 0.493 e. The Balaban J connectivity index is 1.20. The van der Waals surface area contributed by atoms with Crippen molar-refractivity contribution in [1.82, 2.24) is 14.9 Å². The number of anilines is 1. The first kappa shape index (κ1) is 37.1. The predicted octanol–water partition coefficient (Wildman–Crippen LogP) is 7.81. The first-order chi connectivity index (χ1) is 25.8. The van der Waals surface area contributed by atoms with E-state index >= 15 is 0 Å². The fourth-order valence-electron chi connectivity index (χ4n) is 6.88. The molecule has 0 aliphatic carbocycles. The molecule has 3 aromatic carbocycles. The zero-order valence-corrected chi connectivity index (χ0v) is 30.8. The number of methoxy groups -OCH3 is 6. The molecule has 0 unspecified atom stereocenters. The van der Waals surface area contributed by atoms with Crippen LogP contribution in [-0.2, 0) is 13.1 Å². The van der Waals surface area contributed by atoms with Crippen molar-refractivity contribution in [3.63, 3.8) is 0 Å². The summed E-state index contributed by atoms with van der Waals surface area (Å²) in [7, 11) is 9.48. The van der Waals surface area contributed by atoms with Gasteiger partial charge >= 0.3 is 0 Å². The van der Waals surface area contributed by atoms with Crippen LogP contribution >= 0.6 is 0 Å². The van der Waals surface area contributed by atoms with Crippen molar-refractivity contribution in [1.29, 1.82) is 0 Å². The topological polar surface area (TPSA) is 87.6 Å². The van der Waals surface area contributed by atoms with Crippen LogP contribution in [0.2, 0.25) is 0 Å². The van der Waals surface area contributed by atoms with E-state index in [-0.39, 0.29) is 6.04 Å². The summed E-state index contributed by atoms with van der Waals surface area (Å²) in [5.74, 6) is 1.46. The number of nitrogens with zero attached hydrogens (tertiary/aromatic N) is 4. The molecule has 10 nitrogen and oxygen atoms in total. The Kier molecular flexibility index (Phi) is 11.8. The minimum absolute atomic E-state index is 0.0811. The Hall–Kier alpha value is -5.62. The quantitative estimate of drug-likeness (QED) is 0.113. The summed E-state index contributed by atoms with van der Waals surface area (Å²) in [6.07, 6.45) is 7.10. The third-order valence-electron chi connectivity index (χ3n) is 9.57. The number of ether oxygens (including phenoxy) is 6. The van der Waals surface area contributed by atoms with Gasteiger partial charge in [0.1, 0.15) is 0 Å². The number of piperidine rings is 1. The molecular formula is C41H44F2N4O6. The van der Waals surface area contributed by atoms with Crippen LogP contribution in [0.1, 0.15) is 24.0 Å². The summed E-state index contributed by atoms with van der Waals surface area (Å²) in [4.78, 5) is 13.7. The molecule has 0 N–H and O–H groups in total. The van der Waals surface area contributed by atoms with E-state index in [4.69, 9.17) is 28.4 Å². The van der Waals surface area contributed by atoms with Crippen molar-refractivity contribution in [3.8, 4) is 56.9 Å². The number of hydrogen-bond donors (Lipinski definition) is 0. The van der Waals surface area contributed by atoms with E-state index in [0.717, 1.165) is 53.7 Å². The van der Waals surface area contributed by atoms with E-state index in [2.05, 4.69) is 25.8 Å². The van der Waals surface area contributed by atoms with Crippen molar-refractivity contribution in [2.75, 3.05) is 60.6 Å². The molecule has 1 saturated heterocycles. The van der Waals surface area contributed by atoms with Crippen LogP contribution in [0.5, 0.6) is 34.5 Å². The Morgan fingerprint density at radius 1 is 0.642 bits per heavy atom. The van der Waals surface area contributed by atoms with Crippen molar-refractivity contribution in [3.05, 3.63) is 102 Å². The van der Waals surface area contributed by atoms with Gasteiger partial charge in [-0.25, -0.2) is 8.78 Å². The van der Waals surface area contributed by atoms with Gasteiger partial charge in [-0.15, -0.1) is 0 Å². The molecule has 1 aliphatic heterocycles. The molecular weight excluding hydrogens is 682 g/mol. The minimum Gasteiger partial charge on any atom is -0.493 e. The van der Waals surface area contributed by atoms with Gasteiger partial charge in [-0.2, -0.15) is 0 Å². The normalized spacial score (nSPS) is 13.4. The van der Waals surface area contributed by atoms with Crippen molar-refractivity contribution >= 4 is 5.69 Å². The summed E-state index contributed by atoms with van der Waals surface area (Å²) in [6, 6.07) is 17.8. The summed E-state index contributed by atoms with van der Waals surface area (Å²) >= 11 is 0. The van der Waals surface area contributed by atoms with E-state index in [1.165, 1.54) is 12.1 Å². The second-order valence-electron chi connectivity index (χ2n) is 12.7. The lowest BCUT2D eigenvalue weighted by Crippen LogP contribution is -2.44. The van der Waals surface area contributed by atoms with Gasteiger partial charge in [-0.05, 0) is 84.1 Å². The van der Waals surface area contributed by atoms with Crippen molar-refractivity contribution in [2.24, 2.45) is 0 Å². The maximum atomic E-state index is 14.6. The second-order valence-corrected chi connectivity index (χ2v) is 12.7. The summed E-state index contributed by atoms with van der Waals surface area (Å²) in [5.41, 5.74) is 6.00. The third-order valence-corrected chi connectivity index (χ3v) is 9.57. The second kappa shape index (κ2) is 16.8. The maximum absolute atomic E-state index is 14.6. The molecule has 0 saturated carbocycles. The highest BCUT2D eigenvalue weighted by Crippen LogP contribution is 2.42. The summed E-state index contributed by atoms with van der Waals surface area (Å²) in [5, 5.41) is 0. The maximum Gasteiger partial charge on any atom is 0.203 e. The average Bonchev–Trinajstić information content (AvgIpc) is 3.20. The number of benzene rings is 3. The Morgan fingerprint density at radius 2 is 1.25 bits per heavy atom. The lowest BCUT2D eigenvalue weighted by atomic mass is 9.99. The van der Waals surface area contributed by atoms with Crippen molar-refractivity contribution < 1.29 is 37.2 Å². The fraction of sp³-hybridized carbons (Fsp3) is 0.317. The highest BCUT2D eigenvalue weighted by Gasteiger charge is 2.27. The highest BCUT2D eigenvalue weighted by molar-refractivity contribution is 5.71. The zero-order chi connectivity index (χ0) is 37.5. The SMILES string of the molecule is COc1cc(-c2cncc(CN3CCC(N(Cc4ccnc(-c5cc(OC)c(OC)c(OC)c5)c4)c4ccc(F)c(F)c4)CC3)c2)cc(OC)c1OC. The number of aromatic nitrogens is 2. The van der Waals surface area contributed by atoms with E-state index in [0.29, 0.717) is 59.0 Å². The van der Waals surface area contributed by atoms with Crippen LogP contribution in [0.3, 0.4) is 0 Å². The molecule has 2 aromatic heterocycles. The van der Waals surface area contributed by atoms with Gasteiger partial charge in [0, 0.05) is 73.7 Å². The first-order valence-corrected chi connectivity index (χ1v) is 17.2. The van der Waals surface area contributed by atoms with Crippen LogP contribution in [0.4, 0.5) is 14.5 Å². The van der Waals surface area contributed by atoms with Gasteiger partial charge in [-0.3, -0.25) is 14.9 Å². The molecule has 53 heavy (non-hydrogen) atoms. The Labute approximate surface area is 308 Å². The number of likely N-dealkylation sites (tertiary alicyclic amines) is 1. The Morgan fingerprint density at radius 3 is 1.81 bits per heavy atom. The van der Waals surface area contributed by atoms with Gasteiger partial charge < -0.3 is 33.3 Å². The van der Waals surface area contributed by atoms with Gasteiger partial charge in [0.05, 0.1) is 48.4 Å².